The third-order valence-corrected chi connectivity index (χ3v) is 5.52. The Morgan fingerprint density at radius 3 is 2.67 bits per heavy atom. The van der Waals surface area contributed by atoms with Gasteiger partial charge in [0.1, 0.15) is 5.01 Å². The molecule has 1 aromatic carbocycles. The molecule has 0 radical (unpaired) electrons. The molecule has 10 heteroatoms. The van der Waals surface area contributed by atoms with Gasteiger partial charge in [-0.05, 0) is 42.0 Å². The van der Waals surface area contributed by atoms with Crippen LogP contribution in [-0.2, 0) is 11.2 Å². The molecular weight excluding hydrogens is 386 g/mol. The Hall–Kier alpha value is -2.85. The molecule has 1 aliphatic rings. The zero-order chi connectivity index (χ0) is 19.4. The lowest BCUT2D eigenvalue weighted by molar-refractivity contribution is -0.384. The fraction of sp³-hybridized carbons (Fsp3) is 0.176. The first-order valence-corrected chi connectivity index (χ1v) is 9.63. The number of nitro groups is 1. The molecule has 3 rings (SSSR count). The fourth-order valence-corrected chi connectivity index (χ4v) is 3.94. The summed E-state index contributed by atoms with van der Waals surface area (Å²) in [6.07, 6.45) is 4.09. The number of non-ortho nitro benzene ring substituents is 1. The first-order valence-electron chi connectivity index (χ1n) is 7.99. The maximum atomic E-state index is 12.7. The van der Waals surface area contributed by atoms with Gasteiger partial charge in [-0.15, -0.1) is 16.8 Å². The normalized spacial score (nSPS) is 17.1. The van der Waals surface area contributed by atoms with Gasteiger partial charge in [0, 0.05) is 18.7 Å². The highest BCUT2D eigenvalue weighted by Crippen LogP contribution is 2.34. The number of thioether (sulfide) groups is 1. The molecule has 1 aliphatic heterocycles. The summed E-state index contributed by atoms with van der Waals surface area (Å²) in [6, 6.07) is 6.01. The number of rotatable bonds is 6. The molecule has 0 saturated carbocycles. The predicted octanol–water partition coefficient (Wildman–Crippen LogP) is 3.80. The van der Waals surface area contributed by atoms with Gasteiger partial charge in [-0.25, -0.2) is 0 Å². The minimum absolute atomic E-state index is 0.00100. The lowest BCUT2D eigenvalue weighted by atomic mass is 10.2. The van der Waals surface area contributed by atoms with E-state index in [1.165, 1.54) is 40.1 Å². The molecule has 2 heterocycles. The summed E-state index contributed by atoms with van der Waals surface area (Å²) in [5, 5.41) is 20.7. The van der Waals surface area contributed by atoms with Crippen molar-refractivity contribution in [3.05, 3.63) is 62.5 Å². The van der Waals surface area contributed by atoms with Crippen LogP contribution in [0, 0.1) is 10.1 Å². The van der Waals surface area contributed by atoms with Crippen molar-refractivity contribution in [2.75, 3.05) is 6.54 Å². The number of benzene rings is 1. The zero-order valence-corrected chi connectivity index (χ0v) is 16.0. The summed E-state index contributed by atoms with van der Waals surface area (Å²) in [5.41, 5.74) is 0.696. The molecule has 2 aromatic rings. The van der Waals surface area contributed by atoms with Gasteiger partial charge in [0.2, 0.25) is 5.13 Å². The average Bonchev–Trinajstić information content (AvgIpc) is 3.22. The lowest BCUT2D eigenvalue weighted by Crippen LogP contribution is -2.29. The number of aliphatic imine (C=N–C) groups is 1. The van der Waals surface area contributed by atoms with Gasteiger partial charge in [0.05, 0.1) is 9.83 Å². The number of hydrogen-bond acceptors (Lipinski definition) is 8. The van der Waals surface area contributed by atoms with Crippen LogP contribution in [-0.4, -0.2) is 37.6 Å². The second kappa shape index (κ2) is 8.23. The summed E-state index contributed by atoms with van der Waals surface area (Å²) in [7, 11) is 0. The highest BCUT2D eigenvalue weighted by Gasteiger charge is 2.33. The first-order chi connectivity index (χ1) is 13.0. The number of amidine groups is 1. The Balaban J connectivity index is 1.89. The Bertz CT molecular complexity index is 950. The lowest BCUT2D eigenvalue weighted by Gasteiger charge is -2.11. The molecule has 8 nitrogen and oxygen atoms in total. The third-order valence-electron chi connectivity index (χ3n) is 3.55. The largest absolute Gasteiger partial charge is 0.282 e. The Morgan fingerprint density at radius 2 is 2.07 bits per heavy atom. The van der Waals surface area contributed by atoms with Crippen molar-refractivity contribution in [1.82, 2.24) is 15.1 Å². The second-order valence-corrected chi connectivity index (χ2v) is 7.44. The van der Waals surface area contributed by atoms with Crippen molar-refractivity contribution >= 4 is 51.1 Å². The van der Waals surface area contributed by atoms with E-state index >= 15 is 0 Å². The number of amides is 1. The van der Waals surface area contributed by atoms with Gasteiger partial charge in [0.15, 0.2) is 5.17 Å². The standard InChI is InChI=1S/C17H15N5O3S2/c1-3-9-21-15(23)13(10-11-5-7-12(8-6-11)22(24)25)26-17(21)18-16-20-19-14(4-2)27-16/h3,5-8,10H,1,4,9H2,2H3/b13-10+,18-17?. The van der Waals surface area contributed by atoms with E-state index in [-0.39, 0.29) is 11.6 Å². The van der Waals surface area contributed by atoms with Crippen LogP contribution in [0.5, 0.6) is 0 Å². The molecular formula is C17H15N5O3S2. The van der Waals surface area contributed by atoms with Crippen LogP contribution in [0.15, 0.2) is 46.8 Å². The van der Waals surface area contributed by atoms with Crippen molar-refractivity contribution in [2.24, 2.45) is 4.99 Å². The molecule has 1 saturated heterocycles. The van der Waals surface area contributed by atoms with Crippen LogP contribution in [0.2, 0.25) is 0 Å². The molecule has 0 unspecified atom stereocenters. The monoisotopic (exact) mass is 401 g/mol. The van der Waals surface area contributed by atoms with E-state index in [2.05, 4.69) is 21.8 Å². The van der Waals surface area contributed by atoms with E-state index < -0.39 is 4.92 Å². The summed E-state index contributed by atoms with van der Waals surface area (Å²) in [6.45, 7) is 5.99. The van der Waals surface area contributed by atoms with Crippen molar-refractivity contribution < 1.29 is 9.72 Å². The maximum Gasteiger partial charge on any atom is 0.269 e. The molecule has 1 fully saturated rings. The molecule has 0 bridgehead atoms. The Kier molecular flexibility index (Phi) is 5.77. The molecule has 1 amide bonds. The Labute approximate surface area is 163 Å². The number of carbonyl (C=O) groups is 1. The third kappa shape index (κ3) is 4.29. The molecule has 0 spiro atoms. The van der Waals surface area contributed by atoms with Crippen LogP contribution in [0.1, 0.15) is 17.5 Å². The van der Waals surface area contributed by atoms with Crippen LogP contribution in [0.3, 0.4) is 0 Å². The fourth-order valence-electron chi connectivity index (χ4n) is 2.24. The van der Waals surface area contributed by atoms with E-state index in [0.717, 1.165) is 11.4 Å². The van der Waals surface area contributed by atoms with Gasteiger partial charge in [0.25, 0.3) is 11.6 Å². The topological polar surface area (TPSA) is 102 Å². The van der Waals surface area contributed by atoms with Crippen LogP contribution in [0.4, 0.5) is 10.8 Å². The number of nitrogens with zero attached hydrogens (tertiary/aromatic N) is 5. The number of nitro benzene ring substituents is 1. The van der Waals surface area contributed by atoms with Crippen molar-refractivity contribution in [3.8, 4) is 0 Å². The SMILES string of the molecule is C=CCN1C(=O)/C(=C\c2ccc([N+](=O)[O-])cc2)SC1=Nc1nnc(CC)s1. The van der Waals surface area contributed by atoms with E-state index in [9.17, 15) is 14.9 Å². The first kappa shape index (κ1) is 18.9. The van der Waals surface area contributed by atoms with E-state index in [1.807, 2.05) is 6.92 Å². The molecule has 1 aromatic heterocycles. The van der Waals surface area contributed by atoms with E-state index in [0.29, 0.717) is 27.3 Å². The minimum Gasteiger partial charge on any atom is -0.282 e. The van der Waals surface area contributed by atoms with Gasteiger partial charge in [-0.1, -0.05) is 24.3 Å². The van der Waals surface area contributed by atoms with Crippen molar-refractivity contribution in [2.45, 2.75) is 13.3 Å². The summed E-state index contributed by atoms with van der Waals surface area (Å²) >= 11 is 2.61. The van der Waals surface area contributed by atoms with Gasteiger partial charge in [-0.3, -0.25) is 19.8 Å². The van der Waals surface area contributed by atoms with Gasteiger partial charge < -0.3 is 0 Å². The molecule has 0 aliphatic carbocycles. The van der Waals surface area contributed by atoms with E-state index in [4.69, 9.17) is 0 Å². The van der Waals surface area contributed by atoms with Crippen molar-refractivity contribution in [3.63, 3.8) is 0 Å². The zero-order valence-electron chi connectivity index (χ0n) is 14.4. The minimum atomic E-state index is -0.463. The molecule has 27 heavy (non-hydrogen) atoms. The summed E-state index contributed by atoms with van der Waals surface area (Å²) in [4.78, 5) is 29.4. The quantitative estimate of drug-likeness (QED) is 0.316. The van der Waals surface area contributed by atoms with Crippen molar-refractivity contribution in [1.29, 1.82) is 0 Å². The van der Waals surface area contributed by atoms with Gasteiger partial charge >= 0.3 is 0 Å². The smallest absolute Gasteiger partial charge is 0.269 e. The second-order valence-electron chi connectivity index (χ2n) is 5.39. The molecule has 0 N–H and O–H groups in total. The molecule has 0 atom stereocenters. The summed E-state index contributed by atoms with van der Waals surface area (Å²) in [5.74, 6) is -0.197. The highest BCUT2D eigenvalue weighted by molar-refractivity contribution is 8.18. The highest BCUT2D eigenvalue weighted by atomic mass is 32.2. The predicted molar refractivity (Wildman–Crippen MR) is 107 cm³/mol. The maximum absolute atomic E-state index is 12.7. The van der Waals surface area contributed by atoms with Crippen LogP contribution >= 0.6 is 23.1 Å². The summed E-state index contributed by atoms with van der Waals surface area (Å²) < 4.78 is 0. The number of carbonyl (C=O) groups excluding carboxylic acids is 1. The molecule has 138 valence electrons. The Morgan fingerprint density at radius 1 is 1.33 bits per heavy atom. The number of hydrogen-bond donors (Lipinski definition) is 0. The van der Waals surface area contributed by atoms with Gasteiger partial charge in [-0.2, -0.15) is 4.99 Å². The van der Waals surface area contributed by atoms with Crippen LogP contribution in [0.25, 0.3) is 6.08 Å². The van der Waals surface area contributed by atoms with Crippen LogP contribution < -0.4 is 0 Å². The number of aryl methyl sites for hydroxylation is 1. The van der Waals surface area contributed by atoms with E-state index in [1.54, 1.807) is 24.3 Å². The average molecular weight is 401 g/mol. The number of aromatic nitrogens is 2.